The third-order valence-electron chi connectivity index (χ3n) is 6.09. The van der Waals surface area contributed by atoms with Crippen LogP contribution in [-0.4, -0.2) is 49.1 Å². The third-order valence-corrected chi connectivity index (χ3v) is 7.03. The zero-order valence-electron chi connectivity index (χ0n) is 14.3. The van der Waals surface area contributed by atoms with Gasteiger partial charge in [-0.3, -0.25) is 0 Å². The normalized spacial score (nSPS) is 43.3. The summed E-state index contributed by atoms with van der Waals surface area (Å²) in [5.74, 6) is 3.07. The molecule has 2 saturated carbocycles. The second kappa shape index (κ2) is 8.07. The minimum Gasteiger partial charge on any atom is -0.377 e. The monoisotopic (exact) mass is 340 g/mol. The van der Waals surface area contributed by atoms with Crippen molar-refractivity contribution in [3.8, 4) is 0 Å². The fourth-order valence-electron chi connectivity index (χ4n) is 4.43. The Morgan fingerprint density at radius 1 is 0.913 bits per heavy atom. The highest BCUT2D eigenvalue weighted by molar-refractivity contribution is 8.06. The van der Waals surface area contributed by atoms with Gasteiger partial charge in [-0.2, -0.15) is 11.8 Å². The predicted molar refractivity (Wildman–Crippen MR) is 94.0 cm³/mol. The fourth-order valence-corrected chi connectivity index (χ4v) is 4.84. The first kappa shape index (κ1) is 16.7. The summed E-state index contributed by atoms with van der Waals surface area (Å²) in [6.45, 7) is 2.75. The van der Waals surface area contributed by atoms with Gasteiger partial charge in [-0.05, 0) is 56.8 Å². The van der Waals surface area contributed by atoms with Crippen LogP contribution in [0.25, 0.3) is 0 Å². The Hall–Kier alpha value is 0.230. The Bertz CT molecular complexity index is 362. The Labute approximate surface area is 145 Å². The Morgan fingerprint density at radius 3 is 2.43 bits per heavy atom. The van der Waals surface area contributed by atoms with Crippen molar-refractivity contribution >= 4 is 11.8 Å². The van der Waals surface area contributed by atoms with Crippen molar-refractivity contribution in [2.45, 2.75) is 81.3 Å². The second-order valence-electron chi connectivity index (χ2n) is 8.04. The lowest BCUT2D eigenvalue weighted by molar-refractivity contribution is -0.0248. The van der Waals surface area contributed by atoms with E-state index in [2.05, 4.69) is 11.8 Å². The van der Waals surface area contributed by atoms with Gasteiger partial charge < -0.3 is 14.2 Å². The summed E-state index contributed by atoms with van der Waals surface area (Å²) < 4.78 is 17.5. The van der Waals surface area contributed by atoms with Crippen LogP contribution in [0, 0.1) is 11.8 Å². The molecule has 0 aromatic heterocycles. The van der Waals surface area contributed by atoms with Gasteiger partial charge in [-0.1, -0.05) is 12.8 Å². The molecule has 4 aliphatic rings. The Kier molecular flexibility index (Phi) is 5.86. The largest absolute Gasteiger partial charge is 0.377 e. The first-order valence-corrected chi connectivity index (χ1v) is 10.9. The zero-order chi connectivity index (χ0) is 15.5. The van der Waals surface area contributed by atoms with Gasteiger partial charge in [-0.15, -0.1) is 0 Å². The highest BCUT2D eigenvalue weighted by Crippen LogP contribution is 2.38. The third kappa shape index (κ3) is 5.35. The molecule has 0 amide bonds. The molecule has 0 spiro atoms. The molecule has 0 aromatic carbocycles. The van der Waals surface area contributed by atoms with Crippen LogP contribution >= 0.6 is 11.8 Å². The smallest absolute Gasteiger partial charge is 0.104 e. The topological polar surface area (TPSA) is 31.0 Å². The van der Waals surface area contributed by atoms with Crippen molar-refractivity contribution in [1.82, 2.24) is 0 Å². The molecule has 0 aromatic rings. The molecule has 2 aliphatic carbocycles. The van der Waals surface area contributed by atoms with Crippen molar-refractivity contribution in [3.63, 3.8) is 0 Å². The van der Waals surface area contributed by atoms with E-state index in [0.717, 1.165) is 36.9 Å². The zero-order valence-corrected chi connectivity index (χ0v) is 15.1. The Balaban J connectivity index is 1.17. The number of epoxide rings is 1. The van der Waals surface area contributed by atoms with Crippen molar-refractivity contribution in [2.75, 3.05) is 25.6 Å². The van der Waals surface area contributed by atoms with Crippen LogP contribution in [-0.2, 0) is 14.2 Å². The van der Waals surface area contributed by atoms with Gasteiger partial charge in [0.05, 0.1) is 32.0 Å². The van der Waals surface area contributed by atoms with E-state index in [4.69, 9.17) is 14.2 Å². The van der Waals surface area contributed by atoms with Gasteiger partial charge in [0.1, 0.15) is 6.10 Å². The molecule has 0 radical (unpaired) electrons. The summed E-state index contributed by atoms with van der Waals surface area (Å²) >= 11 is 2.06. The summed E-state index contributed by atoms with van der Waals surface area (Å²) in [5, 5.41) is 0.820. The number of ether oxygens (including phenoxy) is 3. The second-order valence-corrected chi connectivity index (χ2v) is 9.37. The van der Waals surface area contributed by atoms with Gasteiger partial charge in [0.2, 0.25) is 0 Å². The first-order chi connectivity index (χ1) is 11.4. The molecular formula is C19H32O3S. The van der Waals surface area contributed by atoms with Crippen LogP contribution < -0.4 is 0 Å². The maximum absolute atomic E-state index is 6.29. The van der Waals surface area contributed by atoms with E-state index in [0.29, 0.717) is 18.3 Å². The Morgan fingerprint density at radius 2 is 1.70 bits per heavy atom. The van der Waals surface area contributed by atoms with Gasteiger partial charge in [0.15, 0.2) is 0 Å². The molecule has 2 aliphatic heterocycles. The minimum absolute atomic E-state index is 0.414. The molecule has 4 rings (SSSR count). The predicted octanol–water partition coefficient (Wildman–Crippen LogP) is 4.04. The average Bonchev–Trinajstić information content (AvgIpc) is 3.48. The van der Waals surface area contributed by atoms with E-state index in [-0.39, 0.29) is 0 Å². The van der Waals surface area contributed by atoms with E-state index in [1.165, 1.54) is 63.5 Å². The van der Waals surface area contributed by atoms with Gasteiger partial charge in [-0.25, -0.2) is 0 Å². The number of thioether (sulfide) groups is 1. The number of hydrogen-bond acceptors (Lipinski definition) is 4. The standard InChI is InChI=1S/C19H32O3S/c1-2-4-19(22-12-18-13-23-18)15(3-1)9-14-5-7-16(8-6-14)20-10-17-11-21-17/h14-19H,1-13H2. The quantitative estimate of drug-likeness (QED) is 0.624. The highest BCUT2D eigenvalue weighted by atomic mass is 32.2. The van der Waals surface area contributed by atoms with Crippen LogP contribution in [0.5, 0.6) is 0 Å². The van der Waals surface area contributed by atoms with Crippen molar-refractivity contribution in [2.24, 2.45) is 11.8 Å². The first-order valence-electron chi connectivity index (χ1n) is 9.83. The lowest BCUT2D eigenvalue weighted by Crippen LogP contribution is -2.32. The lowest BCUT2D eigenvalue weighted by atomic mass is 9.76. The fraction of sp³-hybridized carbons (Fsp3) is 1.00. The van der Waals surface area contributed by atoms with Crippen LogP contribution in [0.2, 0.25) is 0 Å². The molecule has 2 saturated heterocycles. The molecule has 4 heteroatoms. The molecule has 4 fully saturated rings. The molecule has 2 heterocycles. The molecule has 4 unspecified atom stereocenters. The van der Waals surface area contributed by atoms with Gasteiger partial charge >= 0.3 is 0 Å². The van der Waals surface area contributed by atoms with Gasteiger partial charge in [0, 0.05) is 11.0 Å². The maximum atomic E-state index is 6.29. The van der Waals surface area contributed by atoms with Crippen LogP contribution in [0.4, 0.5) is 0 Å². The summed E-state index contributed by atoms with van der Waals surface area (Å²) in [6.07, 6.45) is 13.6. The SMILES string of the molecule is C1CCC(OCC2CS2)C(CC2CCC(OCC3CO3)CC2)C1. The molecule has 3 nitrogen and oxygen atoms in total. The molecule has 4 atom stereocenters. The van der Waals surface area contributed by atoms with Crippen LogP contribution in [0.15, 0.2) is 0 Å². The molecule has 132 valence electrons. The maximum Gasteiger partial charge on any atom is 0.104 e. The summed E-state index contributed by atoms with van der Waals surface area (Å²) in [6, 6.07) is 0. The lowest BCUT2D eigenvalue weighted by Gasteiger charge is -2.36. The van der Waals surface area contributed by atoms with Crippen molar-refractivity contribution < 1.29 is 14.2 Å². The van der Waals surface area contributed by atoms with Crippen molar-refractivity contribution in [3.05, 3.63) is 0 Å². The number of rotatable bonds is 8. The molecule has 0 N–H and O–H groups in total. The average molecular weight is 341 g/mol. The highest BCUT2D eigenvalue weighted by Gasteiger charge is 2.33. The summed E-state index contributed by atoms with van der Waals surface area (Å²) in [4.78, 5) is 0. The van der Waals surface area contributed by atoms with E-state index < -0.39 is 0 Å². The van der Waals surface area contributed by atoms with E-state index in [1.54, 1.807) is 0 Å². The molecular weight excluding hydrogens is 308 g/mol. The van der Waals surface area contributed by atoms with E-state index >= 15 is 0 Å². The summed E-state index contributed by atoms with van der Waals surface area (Å²) in [7, 11) is 0. The van der Waals surface area contributed by atoms with Crippen molar-refractivity contribution in [1.29, 1.82) is 0 Å². The number of hydrogen-bond donors (Lipinski definition) is 0. The van der Waals surface area contributed by atoms with Crippen LogP contribution in [0.1, 0.15) is 57.8 Å². The van der Waals surface area contributed by atoms with E-state index in [1.807, 2.05) is 0 Å². The minimum atomic E-state index is 0.414. The van der Waals surface area contributed by atoms with Gasteiger partial charge in [0.25, 0.3) is 0 Å². The van der Waals surface area contributed by atoms with Crippen LogP contribution in [0.3, 0.4) is 0 Å². The summed E-state index contributed by atoms with van der Waals surface area (Å²) in [5.41, 5.74) is 0. The van der Waals surface area contributed by atoms with E-state index in [9.17, 15) is 0 Å². The molecule has 23 heavy (non-hydrogen) atoms. The molecule has 0 bridgehead atoms.